The van der Waals surface area contributed by atoms with Crippen molar-refractivity contribution in [1.29, 1.82) is 5.26 Å². The minimum Gasteiger partial charge on any atom is -0.506 e. The molecule has 5 heteroatoms. The molecule has 1 unspecified atom stereocenters. The average Bonchev–Trinajstić information content (AvgIpc) is 2.31. The first-order valence-corrected chi connectivity index (χ1v) is 5.92. The molecule has 98 valence electrons. The SMILES string of the molecule is CCC(OC(C)C)n1cc(O)c(C)c(C#N)c1=O. The molecule has 0 aliphatic rings. The van der Waals surface area contributed by atoms with Crippen molar-refractivity contribution in [1.82, 2.24) is 4.57 Å². The molecule has 1 atom stereocenters. The Balaban J connectivity index is 3.37. The van der Waals surface area contributed by atoms with E-state index in [-0.39, 0.29) is 17.4 Å². The molecule has 1 heterocycles. The Bertz CT molecular complexity index is 526. The van der Waals surface area contributed by atoms with E-state index >= 15 is 0 Å². The van der Waals surface area contributed by atoms with Crippen molar-refractivity contribution < 1.29 is 9.84 Å². The molecule has 5 nitrogen and oxygen atoms in total. The molecular weight excluding hydrogens is 232 g/mol. The van der Waals surface area contributed by atoms with Gasteiger partial charge in [-0.1, -0.05) is 6.92 Å². The minimum atomic E-state index is -0.476. The van der Waals surface area contributed by atoms with Gasteiger partial charge in [0.25, 0.3) is 5.56 Å². The van der Waals surface area contributed by atoms with Crippen molar-refractivity contribution in [2.45, 2.75) is 46.4 Å². The van der Waals surface area contributed by atoms with Gasteiger partial charge in [-0.3, -0.25) is 9.36 Å². The van der Waals surface area contributed by atoms with Crippen molar-refractivity contribution in [3.8, 4) is 11.8 Å². The molecule has 0 fully saturated rings. The molecule has 18 heavy (non-hydrogen) atoms. The predicted octanol–water partition coefficient (Wildman–Crippen LogP) is 2.07. The lowest BCUT2D eigenvalue weighted by Crippen LogP contribution is -2.29. The van der Waals surface area contributed by atoms with Crippen molar-refractivity contribution in [2.24, 2.45) is 0 Å². The van der Waals surface area contributed by atoms with Gasteiger partial charge in [0.05, 0.1) is 12.3 Å². The number of hydrogen-bond acceptors (Lipinski definition) is 4. The van der Waals surface area contributed by atoms with Gasteiger partial charge in [0.1, 0.15) is 23.6 Å². The molecule has 0 radical (unpaired) electrons. The molecule has 1 aromatic heterocycles. The monoisotopic (exact) mass is 250 g/mol. The number of nitrogens with zero attached hydrogens (tertiary/aromatic N) is 2. The van der Waals surface area contributed by atoms with Gasteiger partial charge >= 0.3 is 0 Å². The fourth-order valence-corrected chi connectivity index (χ4v) is 1.72. The van der Waals surface area contributed by atoms with Gasteiger partial charge in [0, 0.05) is 5.56 Å². The molecule has 0 amide bonds. The molecule has 1 N–H and O–H groups in total. The van der Waals surface area contributed by atoms with Gasteiger partial charge in [-0.2, -0.15) is 5.26 Å². The van der Waals surface area contributed by atoms with E-state index in [0.717, 1.165) is 0 Å². The van der Waals surface area contributed by atoms with Crippen LogP contribution in [0, 0.1) is 18.3 Å². The van der Waals surface area contributed by atoms with E-state index in [9.17, 15) is 9.90 Å². The summed E-state index contributed by atoms with van der Waals surface area (Å²) in [5, 5.41) is 18.7. The largest absolute Gasteiger partial charge is 0.506 e. The summed E-state index contributed by atoms with van der Waals surface area (Å²) in [6.07, 6.45) is 1.38. The maximum Gasteiger partial charge on any atom is 0.271 e. The maximum atomic E-state index is 12.1. The molecule has 0 bridgehead atoms. The molecule has 0 saturated heterocycles. The van der Waals surface area contributed by atoms with E-state index in [4.69, 9.17) is 10.00 Å². The van der Waals surface area contributed by atoms with Crippen LogP contribution in [-0.4, -0.2) is 15.8 Å². The molecule has 0 aliphatic carbocycles. The number of nitriles is 1. The predicted molar refractivity (Wildman–Crippen MR) is 67.4 cm³/mol. The standard InChI is InChI=1S/C13H18N2O3/c1-5-12(18-8(2)3)15-7-11(16)9(4)10(6-14)13(15)17/h7-8,12,16H,5H2,1-4H3. The van der Waals surface area contributed by atoms with Gasteiger partial charge in [-0.15, -0.1) is 0 Å². The summed E-state index contributed by atoms with van der Waals surface area (Å²) in [7, 11) is 0. The number of aromatic hydroxyl groups is 1. The van der Waals surface area contributed by atoms with Crippen molar-refractivity contribution in [2.75, 3.05) is 0 Å². The van der Waals surface area contributed by atoms with Crippen LogP contribution in [0.4, 0.5) is 0 Å². The van der Waals surface area contributed by atoms with Crippen LogP contribution in [0.3, 0.4) is 0 Å². The summed E-state index contributed by atoms with van der Waals surface area (Å²) in [5.41, 5.74) is -0.167. The summed E-state index contributed by atoms with van der Waals surface area (Å²) in [4.78, 5) is 12.1. The molecule has 0 spiro atoms. The Labute approximate surface area is 106 Å². The minimum absolute atomic E-state index is 0.0409. The van der Waals surface area contributed by atoms with Gasteiger partial charge in [0.2, 0.25) is 0 Å². The quantitative estimate of drug-likeness (QED) is 0.887. The second-order valence-electron chi connectivity index (χ2n) is 4.39. The summed E-state index contributed by atoms with van der Waals surface area (Å²) in [6.45, 7) is 7.16. The number of pyridine rings is 1. The van der Waals surface area contributed by atoms with E-state index in [2.05, 4.69) is 0 Å². The fourth-order valence-electron chi connectivity index (χ4n) is 1.72. The van der Waals surface area contributed by atoms with Crippen LogP contribution < -0.4 is 5.56 Å². The highest BCUT2D eigenvalue weighted by Crippen LogP contribution is 2.21. The van der Waals surface area contributed by atoms with E-state index in [1.165, 1.54) is 10.8 Å². The van der Waals surface area contributed by atoms with Gasteiger partial charge in [0.15, 0.2) is 0 Å². The molecular formula is C13H18N2O3. The van der Waals surface area contributed by atoms with Crippen molar-refractivity contribution in [3.63, 3.8) is 0 Å². The second-order valence-corrected chi connectivity index (χ2v) is 4.39. The highest BCUT2D eigenvalue weighted by Gasteiger charge is 2.18. The van der Waals surface area contributed by atoms with E-state index in [1.54, 1.807) is 6.92 Å². The molecule has 1 aromatic rings. The molecule has 0 aliphatic heterocycles. The first-order chi connectivity index (χ1) is 8.42. The Morgan fingerprint density at radius 2 is 2.17 bits per heavy atom. The van der Waals surface area contributed by atoms with Crippen molar-refractivity contribution >= 4 is 0 Å². The lowest BCUT2D eigenvalue weighted by molar-refractivity contribution is -0.0414. The van der Waals surface area contributed by atoms with Crippen LogP contribution in [0.2, 0.25) is 0 Å². The van der Waals surface area contributed by atoms with E-state index < -0.39 is 11.8 Å². The Kier molecular flexibility index (Phi) is 4.51. The number of ether oxygens (including phenoxy) is 1. The summed E-state index contributed by atoms with van der Waals surface area (Å²) >= 11 is 0. The van der Waals surface area contributed by atoms with Gasteiger partial charge in [-0.05, 0) is 27.2 Å². The lowest BCUT2D eigenvalue weighted by Gasteiger charge is -2.22. The molecule has 0 saturated carbocycles. The zero-order valence-electron chi connectivity index (χ0n) is 11.1. The number of hydrogen-bond donors (Lipinski definition) is 1. The van der Waals surface area contributed by atoms with Gasteiger partial charge in [-0.25, -0.2) is 0 Å². The Morgan fingerprint density at radius 1 is 1.56 bits per heavy atom. The van der Waals surface area contributed by atoms with E-state index in [0.29, 0.717) is 12.0 Å². The van der Waals surface area contributed by atoms with Gasteiger partial charge < -0.3 is 9.84 Å². The third-order valence-corrected chi connectivity index (χ3v) is 2.67. The second kappa shape index (κ2) is 5.69. The maximum absolute atomic E-state index is 12.1. The normalized spacial score (nSPS) is 12.4. The summed E-state index contributed by atoms with van der Waals surface area (Å²) in [6, 6.07) is 1.83. The third-order valence-electron chi connectivity index (χ3n) is 2.67. The first kappa shape index (κ1) is 14.3. The van der Waals surface area contributed by atoms with Crippen LogP contribution in [0.5, 0.6) is 5.75 Å². The third kappa shape index (κ3) is 2.71. The Morgan fingerprint density at radius 3 is 2.61 bits per heavy atom. The summed E-state index contributed by atoms with van der Waals surface area (Å²) < 4.78 is 6.88. The zero-order valence-corrected chi connectivity index (χ0v) is 11.1. The van der Waals surface area contributed by atoms with Crippen LogP contribution in [0.1, 0.15) is 44.5 Å². The van der Waals surface area contributed by atoms with E-state index in [1.807, 2.05) is 26.8 Å². The Hall–Kier alpha value is -1.80. The summed E-state index contributed by atoms with van der Waals surface area (Å²) in [5.74, 6) is -0.0723. The highest BCUT2D eigenvalue weighted by atomic mass is 16.5. The van der Waals surface area contributed by atoms with Crippen molar-refractivity contribution in [3.05, 3.63) is 27.7 Å². The first-order valence-electron chi connectivity index (χ1n) is 5.92. The number of aromatic nitrogens is 1. The molecule has 1 rings (SSSR count). The van der Waals surface area contributed by atoms with Crippen LogP contribution in [0.15, 0.2) is 11.0 Å². The van der Waals surface area contributed by atoms with Crippen LogP contribution in [-0.2, 0) is 4.74 Å². The smallest absolute Gasteiger partial charge is 0.271 e. The molecule has 0 aromatic carbocycles. The lowest BCUT2D eigenvalue weighted by atomic mass is 10.1. The average molecular weight is 250 g/mol. The van der Waals surface area contributed by atoms with Crippen LogP contribution in [0.25, 0.3) is 0 Å². The fraction of sp³-hybridized carbons (Fsp3) is 0.538. The highest BCUT2D eigenvalue weighted by molar-refractivity contribution is 5.42. The zero-order chi connectivity index (χ0) is 13.9. The van der Waals surface area contributed by atoms with Crippen LogP contribution >= 0.6 is 0 Å². The number of rotatable bonds is 4. The topological polar surface area (TPSA) is 75.2 Å².